The molecule has 1 aromatic rings. The Labute approximate surface area is 123 Å². The summed E-state index contributed by atoms with van der Waals surface area (Å²) in [5, 5.41) is 14.2. The fourth-order valence-electron chi connectivity index (χ4n) is 2.79. The van der Waals surface area contributed by atoms with Crippen molar-refractivity contribution in [2.75, 3.05) is 5.32 Å². The van der Waals surface area contributed by atoms with Crippen LogP contribution in [0.3, 0.4) is 0 Å². The highest BCUT2D eigenvalue weighted by atomic mass is 19.1. The van der Waals surface area contributed by atoms with Crippen LogP contribution in [-0.4, -0.2) is 17.0 Å². The van der Waals surface area contributed by atoms with Crippen molar-refractivity contribution in [2.45, 2.75) is 38.5 Å². The molecule has 4 N–H and O–H groups in total. The lowest BCUT2D eigenvalue weighted by Crippen LogP contribution is -2.22. The molecule has 0 bridgehead atoms. The van der Waals surface area contributed by atoms with E-state index in [9.17, 15) is 9.18 Å². The number of anilines is 1. The van der Waals surface area contributed by atoms with Gasteiger partial charge in [-0.3, -0.25) is 4.79 Å². The molecule has 0 aromatic heterocycles. The van der Waals surface area contributed by atoms with Gasteiger partial charge in [-0.05, 0) is 30.9 Å². The number of nitrogens with zero attached hydrogens (tertiary/aromatic N) is 1. The number of hydrogen-bond acceptors (Lipinski definition) is 3. The van der Waals surface area contributed by atoms with Crippen LogP contribution in [0.1, 0.15) is 44.1 Å². The van der Waals surface area contributed by atoms with E-state index in [0.29, 0.717) is 12.3 Å². The van der Waals surface area contributed by atoms with Crippen molar-refractivity contribution < 1.29 is 14.4 Å². The van der Waals surface area contributed by atoms with Gasteiger partial charge in [-0.15, -0.1) is 0 Å². The highest BCUT2D eigenvalue weighted by Gasteiger charge is 2.19. The molecule has 0 radical (unpaired) electrons. The number of amidine groups is 1. The topological polar surface area (TPSA) is 87.7 Å². The van der Waals surface area contributed by atoms with Crippen molar-refractivity contribution in [2.24, 2.45) is 16.8 Å². The van der Waals surface area contributed by atoms with E-state index in [1.165, 1.54) is 24.6 Å². The molecule has 1 amide bonds. The van der Waals surface area contributed by atoms with E-state index in [0.717, 1.165) is 25.7 Å². The SMILES string of the molecule is N/C(=N/O)c1c(F)cccc1NC(=O)CC1CCCCC1. The Hall–Kier alpha value is -2.11. The molecule has 0 aliphatic heterocycles. The first-order valence-corrected chi connectivity index (χ1v) is 7.18. The summed E-state index contributed by atoms with van der Waals surface area (Å²) in [6.45, 7) is 0. The van der Waals surface area contributed by atoms with Gasteiger partial charge in [-0.25, -0.2) is 4.39 Å². The van der Waals surface area contributed by atoms with E-state index in [-0.39, 0.29) is 23.0 Å². The second-order valence-electron chi connectivity index (χ2n) is 5.40. The first-order valence-electron chi connectivity index (χ1n) is 7.18. The van der Waals surface area contributed by atoms with Gasteiger partial charge in [0.15, 0.2) is 5.84 Å². The number of halogens is 1. The Balaban J connectivity index is 2.08. The largest absolute Gasteiger partial charge is 0.409 e. The van der Waals surface area contributed by atoms with E-state index in [2.05, 4.69) is 10.5 Å². The Bertz CT molecular complexity index is 540. The summed E-state index contributed by atoms with van der Waals surface area (Å²) in [7, 11) is 0. The molecule has 5 nitrogen and oxygen atoms in total. The number of carbonyl (C=O) groups excluding carboxylic acids is 1. The van der Waals surface area contributed by atoms with Crippen LogP contribution in [0.15, 0.2) is 23.4 Å². The molecule has 0 heterocycles. The minimum absolute atomic E-state index is 0.0861. The lowest BCUT2D eigenvalue weighted by molar-refractivity contribution is -0.117. The van der Waals surface area contributed by atoms with Crippen molar-refractivity contribution in [3.63, 3.8) is 0 Å². The number of amides is 1. The minimum atomic E-state index is -0.638. The van der Waals surface area contributed by atoms with Gasteiger partial charge < -0.3 is 16.3 Å². The average molecular weight is 293 g/mol. The third-order valence-electron chi connectivity index (χ3n) is 3.85. The predicted octanol–water partition coefficient (Wildman–Crippen LogP) is 2.83. The van der Waals surface area contributed by atoms with E-state index in [4.69, 9.17) is 10.9 Å². The molecule has 0 atom stereocenters. The fourth-order valence-corrected chi connectivity index (χ4v) is 2.79. The second-order valence-corrected chi connectivity index (χ2v) is 5.40. The smallest absolute Gasteiger partial charge is 0.224 e. The average Bonchev–Trinajstić information content (AvgIpc) is 2.47. The number of nitrogens with one attached hydrogen (secondary N) is 1. The second kappa shape index (κ2) is 7.06. The first kappa shape index (κ1) is 15.3. The van der Waals surface area contributed by atoms with Crippen LogP contribution in [-0.2, 0) is 4.79 Å². The van der Waals surface area contributed by atoms with Crippen molar-refractivity contribution in [1.29, 1.82) is 0 Å². The van der Waals surface area contributed by atoms with Crippen LogP contribution >= 0.6 is 0 Å². The zero-order valence-electron chi connectivity index (χ0n) is 11.8. The number of hydrogen-bond donors (Lipinski definition) is 3. The van der Waals surface area contributed by atoms with Crippen LogP contribution in [0.4, 0.5) is 10.1 Å². The lowest BCUT2D eigenvalue weighted by atomic mass is 9.87. The molecule has 0 unspecified atom stereocenters. The van der Waals surface area contributed by atoms with Gasteiger partial charge in [0, 0.05) is 6.42 Å². The van der Waals surface area contributed by atoms with Gasteiger partial charge in [0.05, 0.1) is 11.3 Å². The van der Waals surface area contributed by atoms with Crippen LogP contribution in [0.5, 0.6) is 0 Å². The highest BCUT2D eigenvalue weighted by Crippen LogP contribution is 2.27. The summed E-state index contributed by atoms with van der Waals surface area (Å²) in [6, 6.07) is 4.21. The Morgan fingerprint density at radius 1 is 1.38 bits per heavy atom. The van der Waals surface area contributed by atoms with Gasteiger partial charge in [-0.2, -0.15) is 0 Å². The zero-order chi connectivity index (χ0) is 15.2. The van der Waals surface area contributed by atoms with E-state index >= 15 is 0 Å². The molecule has 114 valence electrons. The molecule has 1 fully saturated rings. The molecule has 2 rings (SSSR count). The first-order chi connectivity index (χ1) is 10.1. The van der Waals surface area contributed by atoms with Crippen molar-refractivity contribution in [3.8, 4) is 0 Å². The summed E-state index contributed by atoms with van der Waals surface area (Å²) >= 11 is 0. The molecule has 1 aliphatic carbocycles. The Morgan fingerprint density at radius 2 is 2.10 bits per heavy atom. The molecule has 21 heavy (non-hydrogen) atoms. The monoisotopic (exact) mass is 293 g/mol. The Kier molecular flexibility index (Phi) is 5.14. The quantitative estimate of drug-likeness (QED) is 0.345. The number of carbonyl (C=O) groups is 1. The molecule has 0 spiro atoms. The van der Waals surface area contributed by atoms with Crippen LogP contribution in [0.25, 0.3) is 0 Å². The lowest BCUT2D eigenvalue weighted by Gasteiger charge is -2.21. The maximum atomic E-state index is 13.8. The zero-order valence-corrected chi connectivity index (χ0v) is 11.8. The number of oxime groups is 1. The molecular weight excluding hydrogens is 273 g/mol. The van der Waals surface area contributed by atoms with Gasteiger partial charge in [0.25, 0.3) is 0 Å². The predicted molar refractivity (Wildman–Crippen MR) is 78.7 cm³/mol. The molecule has 1 saturated carbocycles. The maximum absolute atomic E-state index is 13.8. The normalized spacial score (nSPS) is 16.7. The van der Waals surface area contributed by atoms with E-state index in [1.807, 2.05) is 0 Å². The van der Waals surface area contributed by atoms with Gasteiger partial charge in [-0.1, -0.05) is 30.5 Å². The third-order valence-corrected chi connectivity index (χ3v) is 3.85. The summed E-state index contributed by atoms with van der Waals surface area (Å²) in [4.78, 5) is 12.1. The number of benzene rings is 1. The number of nitrogens with two attached hydrogens (primary N) is 1. The van der Waals surface area contributed by atoms with Crippen LogP contribution in [0.2, 0.25) is 0 Å². The molecule has 1 aliphatic rings. The van der Waals surface area contributed by atoms with E-state index < -0.39 is 5.82 Å². The molecule has 6 heteroatoms. The fraction of sp³-hybridized carbons (Fsp3) is 0.467. The minimum Gasteiger partial charge on any atom is -0.409 e. The van der Waals surface area contributed by atoms with Crippen molar-refractivity contribution in [1.82, 2.24) is 0 Å². The maximum Gasteiger partial charge on any atom is 0.224 e. The summed E-state index contributed by atoms with van der Waals surface area (Å²) in [6.07, 6.45) is 6.09. The van der Waals surface area contributed by atoms with Crippen molar-refractivity contribution in [3.05, 3.63) is 29.6 Å². The van der Waals surface area contributed by atoms with Gasteiger partial charge >= 0.3 is 0 Å². The Morgan fingerprint density at radius 3 is 2.76 bits per heavy atom. The number of rotatable bonds is 4. The summed E-state index contributed by atoms with van der Waals surface area (Å²) in [5.41, 5.74) is 5.61. The van der Waals surface area contributed by atoms with Crippen LogP contribution < -0.4 is 11.1 Å². The van der Waals surface area contributed by atoms with Crippen molar-refractivity contribution >= 4 is 17.4 Å². The van der Waals surface area contributed by atoms with Gasteiger partial charge in [0.2, 0.25) is 5.91 Å². The summed E-state index contributed by atoms with van der Waals surface area (Å²) < 4.78 is 13.8. The third kappa shape index (κ3) is 3.93. The van der Waals surface area contributed by atoms with Crippen LogP contribution in [0, 0.1) is 11.7 Å². The standard InChI is InChI=1S/C15H20FN3O2/c16-11-7-4-8-12(14(11)15(17)19-21)18-13(20)9-10-5-2-1-3-6-10/h4,7-8,10,21H,1-3,5-6,9H2,(H2,17,19)(H,18,20). The summed E-state index contributed by atoms with van der Waals surface area (Å²) in [5.74, 6) is -0.777. The van der Waals surface area contributed by atoms with E-state index in [1.54, 1.807) is 0 Å². The molecule has 0 saturated heterocycles. The molecular formula is C15H20FN3O2. The molecule has 1 aromatic carbocycles. The highest BCUT2D eigenvalue weighted by molar-refractivity contribution is 6.05. The van der Waals surface area contributed by atoms with Gasteiger partial charge in [0.1, 0.15) is 5.82 Å².